The Bertz CT molecular complexity index is 246. The van der Waals surface area contributed by atoms with E-state index in [0.717, 1.165) is 24.3 Å². The fourth-order valence-corrected chi connectivity index (χ4v) is 1.17. The van der Waals surface area contributed by atoms with Gasteiger partial charge in [0.1, 0.15) is 0 Å². The molecule has 0 aliphatic carbocycles. The highest BCUT2D eigenvalue weighted by Gasteiger charge is 1.98. The Balaban J connectivity index is 2.55. The molecule has 0 radical (unpaired) electrons. The van der Waals surface area contributed by atoms with Crippen LogP contribution in [-0.2, 0) is 0 Å². The van der Waals surface area contributed by atoms with E-state index >= 15 is 0 Å². The van der Waals surface area contributed by atoms with E-state index in [1.54, 1.807) is 0 Å². The summed E-state index contributed by atoms with van der Waals surface area (Å²) in [5.74, 6) is 0. The second kappa shape index (κ2) is 4.72. The molecule has 3 heteroatoms. The maximum absolute atomic E-state index is 8.66. The van der Waals surface area contributed by atoms with E-state index in [-0.39, 0.29) is 6.61 Å². The van der Waals surface area contributed by atoms with Crippen LogP contribution in [0.2, 0.25) is 0 Å². The molecule has 1 aromatic rings. The lowest BCUT2D eigenvalue weighted by atomic mass is 10.2. The molecule has 0 heterocycles. The summed E-state index contributed by atoms with van der Waals surface area (Å²) in [5, 5.41) is 8.66. The van der Waals surface area contributed by atoms with E-state index in [1.165, 1.54) is 0 Å². The summed E-state index contributed by atoms with van der Waals surface area (Å²) in [4.78, 5) is 2.09. The summed E-state index contributed by atoms with van der Waals surface area (Å²) in [5.41, 5.74) is 7.47. The van der Waals surface area contributed by atoms with Crippen molar-refractivity contribution in [3.63, 3.8) is 0 Å². The molecule has 0 aliphatic rings. The molecule has 72 valence electrons. The highest BCUT2D eigenvalue weighted by molar-refractivity contribution is 5.52. The van der Waals surface area contributed by atoms with Gasteiger partial charge < -0.3 is 15.7 Å². The Morgan fingerprint density at radius 1 is 1.31 bits per heavy atom. The lowest BCUT2D eigenvalue weighted by Crippen LogP contribution is -2.19. The monoisotopic (exact) mass is 180 g/mol. The van der Waals surface area contributed by atoms with E-state index in [0.29, 0.717) is 0 Å². The molecular formula is C10H16N2O. The average molecular weight is 180 g/mol. The third-order valence-corrected chi connectivity index (χ3v) is 1.99. The van der Waals surface area contributed by atoms with Gasteiger partial charge in [-0.3, -0.25) is 0 Å². The van der Waals surface area contributed by atoms with Crippen molar-refractivity contribution in [1.82, 2.24) is 0 Å². The summed E-state index contributed by atoms with van der Waals surface area (Å²) in [7, 11) is 2.00. The molecule has 0 unspecified atom stereocenters. The summed E-state index contributed by atoms with van der Waals surface area (Å²) < 4.78 is 0. The molecule has 0 amide bonds. The smallest absolute Gasteiger partial charge is 0.0447 e. The second-order valence-corrected chi connectivity index (χ2v) is 3.09. The van der Waals surface area contributed by atoms with Gasteiger partial charge in [-0.25, -0.2) is 0 Å². The first-order valence-corrected chi connectivity index (χ1v) is 4.41. The van der Waals surface area contributed by atoms with Crippen LogP contribution < -0.4 is 10.6 Å². The lowest BCUT2D eigenvalue weighted by Gasteiger charge is -2.18. The van der Waals surface area contributed by atoms with Gasteiger partial charge >= 0.3 is 0 Å². The SMILES string of the molecule is CN(CCCO)c1ccc(N)cc1. The number of aliphatic hydroxyl groups is 1. The van der Waals surface area contributed by atoms with E-state index in [4.69, 9.17) is 10.8 Å². The van der Waals surface area contributed by atoms with Crippen LogP contribution >= 0.6 is 0 Å². The van der Waals surface area contributed by atoms with Crippen LogP contribution in [0.15, 0.2) is 24.3 Å². The Hall–Kier alpha value is -1.22. The van der Waals surface area contributed by atoms with Gasteiger partial charge in [0.05, 0.1) is 0 Å². The number of rotatable bonds is 4. The van der Waals surface area contributed by atoms with Crippen LogP contribution in [0.5, 0.6) is 0 Å². The van der Waals surface area contributed by atoms with Crippen molar-refractivity contribution in [1.29, 1.82) is 0 Å². The fourth-order valence-electron chi connectivity index (χ4n) is 1.17. The molecular weight excluding hydrogens is 164 g/mol. The van der Waals surface area contributed by atoms with Gasteiger partial charge in [-0.2, -0.15) is 0 Å². The highest BCUT2D eigenvalue weighted by atomic mass is 16.3. The topological polar surface area (TPSA) is 49.5 Å². The maximum Gasteiger partial charge on any atom is 0.0447 e. The van der Waals surface area contributed by atoms with Crippen LogP contribution in [0.4, 0.5) is 11.4 Å². The summed E-state index contributed by atoms with van der Waals surface area (Å²) in [6.45, 7) is 1.10. The van der Waals surface area contributed by atoms with Gasteiger partial charge in [0.15, 0.2) is 0 Å². The van der Waals surface area contributed by atoms with Gasteiger partial charge in [0.2, 0.25) is 0 Å². The molecule has 0 saturated heterocycles. The fraction of sp³-hybridized carbons (Fsp3) is 0.400. The van der Waals surface area contributed by atoms with Crippen molar-refractivity contribution < 1.29 is 5.11 Å². The van der Waals surface area contributed by atoms with Gasteiger partial charge in [-0.05, 0) is 30.7 Å². The first-order chi connectivity index (χ1) is 6.24. The zero-order valence-electron chi connectivity index (χ0n) is 7.90. The van der Waals surface area contributed by atoms with Crippen molar-refractivity contribution in [3.8, 4) is 0 Å². The zero-order valence-corrected chi connectivity index (χ0v) is 7.90. The number of nitrogens with two attached hydrogens (primary N) is 1. The Kier molecular flexibility index (Phi) is 3.58. The first kappa shape index (κ1) is 9.86. The maximum atomic E-state index is 8.66. The number of aliphatic hydroxyl groups excluding tert-OH is 1. The van der Waals surface area contributed by atoms with Crippen molar-refractivity contribution in [3.05, 3.63) is 24.3 Å². The molecule has 0 bridgehead atoms. The van der Waals surface area contributed by atoms with Gasteiger partial charge in [-0.1, -0.05) is 0 Å². The predicted octanol–water partition coefficient (Wildman–Crippen LogP) is 1.09. The average Bonchev–Trinajstić information content (AvgIpc) is 2.15. The molecule has 1 aromatic carbocycles. The Labute approximate surface area is 78.8 Å². The van der Waals surface area contributed by atoms with Crippen LogP contribution in [0.3, 0.4) is 0 Å². The number of nitrogen functional groups attached to an aromatic ring is 1. The van der Waals surface area contributed by atoms with Crippen molar-refractivity contribution >= 4 is 11.4 Å². The summed E-state index contributed by atoms with van der Waals surface area (Å²) in [6.07, 6.45) is 0.793. The highest BCUT2D eigenvalue weighted by Crippen LogP contribution is 2.14. The van der Waals surface area contributed by atoms with E-state index in [9.17, 15) is 0 Å². The Morgan fingerprint density at radius 3 is 2.46 bits per heavy atom. The second-order valence-electron chi connectivity index (χ2n) is 3.09. The molecule has 0 spiro atoms. The molecule has 0 aliphatic heterocycles. The minimum atomic E-state index is 0.235. The van der Waals surface area contributed by atoms with Gasteiger partial charge in [0, 0.05) is 31.6 Å². The molecule has 0 fully saturated rings. The van der Waals surface area contributed by atoms with Crippen LogP contribution in [0, 0.1) is 0 Å². The molecule has 0 atom stereocenters. The zero-order chi connectivity index (χ0) is 9.68. The first-order valence-electron chi connectivity index (χ1n) is 4.41. The standard InChI is InChI=1S/C10H16N2O/c1-12(7-2-8-13)10-5-3-9(11)4-6-10/h3-6,13H,2,7-8,11H2,1H3. The number of hydrogen-bond donors (Lipinski definition) is 2. The number of hydrogen-bond acceptors (Lipinski definition) is 3. The molecule has 13 heavy (non-hydrogen) atoms. The van der Waals surface area contributed by atoms with Crippen LogP contribution in [0.25, 0.3) is 0 Å². The van der Waals surface area contributed by atoms with E-state index in [2.05, 4.69) is 4.90 Å². The van der Waals surface area contributed by atoms with E-state index in [1.807, 2.05) is 31.3 Å². The molecule has 3 nitrogen and oxygen atoms in total. The van der Waals surface area contributed by atoms with Crippen molar-refractivity contribution in [2.75, 3.05) is 30.8 Å². The van der Waals surface area contributed by atoms with Crippen molar-refractivity contribution in [2.45, 2.75) is 6.42 Å². The van der Waals surface area contributed by atoms with Crippen LogP contribution in [0.1, 0.15) is 6.42 Å². The Morgan fingerprint density at radius 2 is 1.92 bits per heavy atom. The summed E-state index contributed by atoms with van der Waals surface area (Å²) >= 11 is 0. The molecule has 1 rings (SSSR count). The molecule has 0 saturated carbocycles. The minimum Gasteiger partial charge on any atom is -0.399 e. The normalized spacial score (nSPS) is 10.0. The quantitative estimate of drug-likeness (QED) is 0.682. The largest absolute Gasteiger partial charge is 0.399 e. The molecule has 0 aromatic heterocycles. The number of nitrogens with zero attached hydrogens (tertiary/aromatic N) is 1. The number of benzene rings is 1. The van der Waals surface area contributed by atoms with Crippen molar-refractivity contribution in [2.24, 2.45) is 0 Å². The minimum absolute atomic E-state index is 0.235. The van der Waals surface area contributed by atoms with E-state index < -0.39 is 0 Å². The molecule has 3 N–H and O–H groups in total. The number of anilines is 2. The third-order valence-electron chi connectivity index (χ3n) is 1.99. The van der Waals surface area contributed by atoms with Gasteiger partial charge in [0.25, 0.3) is 0 Å². The summed E-state index contributed by atoms with van der Waals surface area (Å²) in [6, 6.07) is 7.72. The third kappa shape index (κ3) is 2.95. The lowest BCUT2D eigenvalue weighted by molar-refractivity contribution is 0.290. The van der Waals surface area contributed by atoms with Gasteiger partial charge in [-0.15, -0.1) is 0 Å². The predicted molar refractivity (Wildman–Crippen MR) is 55.8 cm³/mol. The van der Waals surface area contributed by atoms with Crippen LogP contribution in [-0.4, -0.2) is 25.3 Å².